The van der Waals surface area contributed by atoms with Gasteiger partial charge in [-0.15, -0.1) is 0 Å². The zero-order chi connectivity index (χ0) is 10.7. The standard InChI is InChI=1S/C11H15NO3/c1-11(2)14-8-10(15-11)7-13-9-3-5-12-6-4-9/h3-6,10H,7-8H2,1-2H3/t10-/m1/s1. The van der Waals surface area contributed by atoms with E-state index in [1.165, 1.54) is 0 Å². The van der Waals surface area contributed by atoms with Crippen LogP contribution in [-0.2, 0) is 9.47 Å². The van der Waals surface area contributed by atoms with Crippen LogP contribution in [-0.4, -0.2) is 30.1 Å². The van der Waals surface area contributed by atoms with Gasteiger partial charge in [-0.05, 0) is 26.0 Å². The van der Waals surface area contributed by atoms with Crippen LogP contribution in [0.4, 0.5) is 0 Å². The van der Waals surface area contributed by atoms with E-state index in [1.807, 2.05) is 26.0 Å². The highest BCUT2D eigenvalue weighted by atomic mass is 16.7. The maximum atomic E-state index is 5.61. The molecule has 82 valence electrons. The second kappa shape index (κ2) is 4.16. The fourth-order valence-corrected chi connectivity index (χ4v) is 1.47. The predicted molar refractivity (Wildman–Crippen MR) is 54.6 cm³/mol. The molecule has 1 fully saturated rings. The zero-order valence-corrected chi connectivity index (χ0v) is 8.97. The fraction of sp³-hybridized carbons (Fsp3) is 0.545. The van der Waals surface area contributed by atoms with Crippen molar-refractivity contribution in [2.24, 2.45) is 0 Å². The van der Waals surface area contributed by atoms with Gasteiger partial charge in [0, 0.05) is 12.4 Å². The van der Waals surface area contributed by atoms with Crippen LogP contribution in [0.25, 0.3) is 0 Å². The SMILES string of the molecule is CC1(C)OC[C@@H](COc2ccncc2)O1. The third kappa shape index (κ3) is 2.91. The van der Waals surface area contributed by atoms with Crippen LogP contribution in [0.1, 0.15) is 13.8 Å². The quantitative estimate of drug-likeness (QED) is 0.758. The Kier molecular flexibility index (Phi) is 2.88. The van der Waals surface area contributed by atoms with Gasteiger partial charge in [0.1, 0.15) is 18.5 Å². The Balaban J connectivity index is 1.80. The van der Waals surface area contributed by atoms with Gasteiger partial charge in [-0.25, -0.2) is 0 Å². The molecule has 2 rings (SSSR count). The first-order valence-corrected chi connectivity index (χ1v) is 5.00. The van der Waals surface area contributed by atoms with Crippen LogP contribution < -0.4 is 4.74 Å². The minimum absolute atomic E-state index is 0.00756. The molecule has 0 amide bonds. The van der Waals surface area contributed by atoms with E-state index in [2.05, 4.69) is 4.98 Å². The number of hydrogen-bond acceptors (Lipinski definition) is 4. The molecule has 0 bridgehead atoms. The Morgan fingerprint density at radius 3 is 2.80 bits per heavy atom. The second-order valence-electron chi connectivity index (χ2n) is 3.94. The van der Waals surface area contributed by atoms with Gasteiger partial charge in [0.15, 0.2) is 5.79 Å². The van der Waals surface area contributed by atoms with Crippen molar-refractivity contribution in [2.45, 2.75) is 25.7 Å². The number of hydrogen-bond donors (Lipinski definition) is 0. The molecule has 2 heterocycles. The van der Waals surface area contributed by atoms with Gasteiger partial charge in [-0.2, -0.15) is 0 Å². The van der Waals surface area contributed by atoms with E-state index in [4.69, 9.17) is 14.2 Å². The van der Waals surface area contributed by atoms with E-state index in [0.717, 1.165) is 5.75 Å². The van der Waals surface area contributed by atoms with E-state index >= 15 is 0 Å². The molecule has 1 saturated heterocycles. The zero-order valence-electron chi connectivity index (χ0n) is 8.97. The summed E-state index contributed by atoms with van der Waals surface area (Å²) >= 11 is 0. The van der Waals surface area contributed by atoms with Crippen LogP contribution in [0, 0.1) is 0 Å². The van der Waals surface area contributed by atoms with Crippen molar-refractivity contribution >= 4 is 0 Å². The topological polar surface area (TPSA) is 40.6 Å². The molecule has 15 heavy (non-hydrogen) atoms. The number of rotatable bonds is 3. The summed E-state index contributed by atoms with van der Waals surface area (Å²) in [6, 6.07) is 3.64. The van der Waals surface area contributed by atoms with Crippen LogP contribution in [0.3, 0.4) is 0 Å². The maximum absolute atomic E-state index is 5.61. The summed E-state index contributed by atoms with van der Waals surface area (Å²) in [7, 11) is 0. The molecule has 0 aromatic carbocycles. The lowest BCUT2D eigenvalue weighted by molar-refractivity contribution is -0.141. The summed E-state index contributed by atoms with van der Waals surface area (Å²) in [5, 5.41) is 0. The maximum Gasteiger partial charge on any atom is 0.163 e. The molecular weight excluding hydrogens is 194 g/mol. The van der Waals surface area contributed by atoms with Crippen molar-refractivity contribution in [3.63, 3.8) is 0 Å². The highest BCUT2D eigenvalue weighted by Crippen LogP contribution is 2.22. The van der Waals surface area contributed by atoms with Crippen molar-refractivity contribution in [3.05, 3.63) is 24.5 Å². The van der Waals surface area contributed by atoms with Crippen LogP contribution in [0.2, 0.25) is 0 Å². The predicted octanol–water partition coefficient (Wildman–Crippen LogP) is 1.61. The Hall–Kier alpha value is -1.13. The van der Waals surface area contributed by atoms with Gasteiger partial charge in [-0.1, -0.05) is 0 Å². The van der Waals surface area contributed by atoms with Gasteiger partial charge in [0.25, 0.3) is 0 Å². The van der Waals surface area contributed by atoms with Gasteiger partial charge >= 0.3 is 0 Å². The van der Waals surface area contributed by atoms with Crippen molar-refractivity contribution in [3.8, 4) is 5.75 Å². The largest absolute Gasteiger partial charge is 0.491 e. The molecule has 0 spiro atoms. The lowest BCUT2D eigenvalue weighted by Crippen LogP contribution is -2.25. The fourth-order valence-electron chi connectivity index (χ4n) is 1.47. The molecule has 4 nitrogen and oxygen atoms in total. The average Bonchev–Trinajstić information content (AvgIpc) is 2.57. The molecular formula is C11H15NO3. The van der Waals surface area contributed by atoms with E-state index < -0.39 is 5.79 Å². The van der Waals surface area contributed by atoms with Gasteiger partial charge in [0.05, 0.1) is 6.61 Å². The molecule has 1 aromatic heterocycles. The minimum Gasteiger partial charge on any atom is -0.491 e. The summed E-state index contributed by atoms with van der Waals surface area (Å²) in [5.74, 6) is 0.324. The summed E-state index contributed by atoms with van der Waals surface area (Å²) in [5.41, 5.74) is 0. The molecule has 1 atom stereocenters. The molecule has 4 heteroatoms. The molecule has 1 aromatic rings. The Labute approximate surface area is 89.2 Å². The Morgan fingerprint density at radius 2 is 2.20 bits per heavy atom. The monoisotopic (exact) mass is 209 g/mol. The van der Waals surface area contributed by atoms with Crippen LogP contribution >= 0.6 is 0 Å². The average molecular weight is 209 g/mol. The number of ether oxygens (including phenoxy) is 3. The molecule has 1 aliphatic rings. The van der Waals surface area contributed by atoms with Crippen LogP contribution in [0.15, 0.2) is 24.5 Å². The first-order valence-electron chi connectivity index (χ1n) is 5.00. The van der Waals surface area contributed by atoms with Crippen molar-refractivity contribution < 1.29 is 14.2 Å². The lowest BCUT2D eigenvalue weighted by atomic mass is 10.4. The van der Waals surface area contributed by atoms with Crippen molar-refractivity contribution in [2.75, 3.05) is 13.2 Å². The molecule has 0 aliphatic carbocycles. The molecule has 0 radical (unpaired) electrons. The molecule has 0 N–H and O–H groups in total. The van der Waals surface area contributed by atoms with E-state index in [-0.39, 0.29) is 6.10 Å². The smallest absolute Gasteiger partial charge is 0.163 e. The van der Waals surface area contributed by atoms with E-state index in [0.29, 0.717) is 13.2 Å². The summed E-state index contributed by atoms with van der Waals surface area (Å²) in [6.07, 6.45) is 3.41. The van der Waals surface area contributed by atoms with Gasteiger partial charge in [0.2, 0.25) is 0 Å². The Morgan fingerprint density at radius 1 is 1.47 bits per heavy atom. The second-order valence-corrected chi connectivity index (χ2v) is 3.94. The molecule has 1 aliphatic heterocycles. The Bertz CT molecular complexity index is 313. The highest BCUT2D eigenvalue weighted by Gasteiger charge is 2.32. The minimum atomic E-state index is -0.480. The van der Waals surface area contributed by atoms with Gasteiger partial charge < -0.3 is 14.2 Å². The summed E-state index contributed by atoms with van der Waals surface area (Å²) in [6.45, 7) is 4.89. The van der Waals surface area contributed by atoms with Crippen molar-refractivity contribution in [1.29, 1.82) is 0 Å². The van der Waals surface area contributed by atoms with E-state index in [9.17, 15) is 0 Å². The number of nitrogens with zero attached hydrogens (tertiary/aromatic N) is 1. The van der Waals surface area contributed by atoms with Gasteiger partial charge in [-0.3, -0.25) is 4.98 Å². The molecule has 0 unspecified atom stereocenters. The first-order chi connectivity index (χ1) is 7.16. The summed E-state index contributed by atoms with van der Waals surface area (Å²) in [4.78, 5) is 3.91. The molecule has 0 saturated carbocycles. The summed E-state index contributed by atoms with van der Waals surface area (Å²) < 4.78 is 16.6. The third-order valence-corrected chi connectivity index (χ3v) is 2.15. The first kappa shape index (κ1) is 10.4. The number of aromatic nitrogens is 1. The third-order valence-electron chi connectivity index (χ3n) is 2.15. The number of pyridine rings is 1. The van der Waals surface area contributed by atoms with E-state index in [1.54, 1.807) is 12.4 Å². The normalized spacial score (nSPS) is 24.0. The van der Waals surface area contributed by atoms with Crippen molar-refractivity contribution in [1.82, 2.24) is 4.98 Å². The van der Waals surface area contributed by atoms with Crippen LogP contribution in [0.5, 0.6) is 5.75 Å². The highest BCUT2D eigenvalue weighted by molar-refractivity contribution is 5.16. The lowest BCUT2D eigenvalue weighted by Gasteiger charge is -2.17.